The standard InChI is InChI=1S/C14H12ClN5O3/c1-2-23-14(22)11(8-16)12(21)7-13-17-18-19-20(13)10-5-3-4-9(15)6-10/h3-6,11H,2,7H2,1H3. The molecule has 1 aromatic carbocycles. The van der Waals surface area contributed by atoms with E-state index in [1.807, 2.05) is 0 Å². The van der Waals surface area contributed by atoms with Crippen molar-refractivity contribution in [3.63, 3.8) is 0 Å². The van der Waals surface area contributed by atoms with Crippen LogP contribution in [0.4, 0.5) is 0 Å². The summed E-state index contributed by atoms with van der Waals surface area (Å²) in [5.74, 6) is -2.81. The van der Waals surface area contributed by atoms with Gasteiger partial charge in [-0.3, -0.25) is 9.59 Å². The van der Waals surface area contributed by atoms with Crippen LogP contribution < -0.4 is 0 Å². The van der Waals surface area contributed by atoms with Gasteiger partial charge in [0.05, 0.1) is 24.8 Å². The quantitative estimate of drug-likeness (QED) is 0.575. The van der Waals surface area contributed by atoms with Gasteiger partial charge < -0.3 is 4.74 Å². The van der Waals surface area contributed by atoms with E-state index < -0.39 is 17.7 Å². The number of ketones is 1. The predicted octanol–water partition coefficient (Wildman–Crippen LogP) is 1.13. The number of halogens is 1. The lowest BCUT2D eigenvalue weighted by Gasteiger charge is -2.08. The number of carbonyl (C=O) groups excluding carboxylic acids is 2. The molecule has 23 heavy (non-hydrogen) atoms. The fraction of sp³-hybridized carbons (Fsp3) is 0.286. The Morgan fingerprint density at radius 3 is 2.91 bits per heavy atom. The first-order valence-electron chi connectivity index (χ1n) is 6.69. The van der Waals surface area contributed by atoms with E-state index in [4.69, 9.17) is 21.6 Å². The summed E-state index contributed by atoms with van der Waals surface area (Å²) >= 11 is 5.92. The Labute approximate surface area is 136 Å². The molecule has 0 saturated heterocycles. The van der Waals surface area contributed by atoms with Crippen molar-refractivity contribution in [3.05, 3.63) is 35.1 Å². The van der Waals surface area contributed by atoms with E-state index in [1.165, 1.54) is 4.68 Å². The fourth-order valence-corrected chi connectivity index (χ4v) is 2.05. The average Bonchev–Trinajstić information content (AvgIpc) is 2.96. The van der Waals surface area contributed by atoms with Gasteiger partial charge in [-0.1, -0.05) is 17.7 Å². The van der Waals surface area contributed by atoms with Crippen molar-refractivity contribution in [1.29, 1.82) is 5.26 Å². The molecule has 0 aliphatic rings. The molecule has 9 heteroatoms. The Kier molecular flexibility index (Phi) is 5.38. The molecular weight excluding hydrogens is 322 g/mol. The van der Waals surface area contributed by atoms with Crippen molar-refractivity contribution in [2.75, 3.05) is 6.61 Å². The number of tetrazole rings is 1. The van der Waals surface area contributed by atoms with E-state index in [2.05, 4.69) is 15.5 Å². The number of benzene rings is 1. The first-order chi connectivity index (χ1) is 11.1. The zero-order valence-electron chi connectivity index (χ0n) is 12.1. The zero-order valence-corrected chi connectivity index (χ0v) is 12.9. The van der Waals surface area contributed by atoms with Crippen molar-refractivity contribution in [3.8, 4) is 11.8 Å². The van der Waals surface area contributed by atoms with Crippen molar-refractivity contribution in [1.82, 2.24) is 20.2 Å². The number of aromatic nitrogens is 4. The molecule has 0 amide bonds. The zero-order chi connectivity index (χ0) is 16.8. The van der Waals surface area contributed by atoms with Gasteiger partial charge in [0.1, 0.15) is 0 Å². The Hall–Kier alpha value is -2.79. The summed E-state index contributed by atoms with van der Waals surface area (Å²) < 4.78 is 6.03. The molecule has 8 nitrogen and oxygen atoms in total. The SMILES string of the molecule is CCOC(=O)C(C#N)C(=O)Cc1nnnn1-c1cccc(Cl)c1. The van der Waals surface area contributed by atoms with Crippen LogP contribution in [-0.4, -0.2) is 38.6 Å². The van der Waals surface area contributed by atoms with Gasteiger partial charge in [0.15, 0.2) is 11.6 Å². The van der Waals surface area contributed by atoms with Crippen molar-refractivity contribution in [2.24, 2.45) is 5.92 Å². The molecule has 0 bridgehead atoms. The lowest BCUT2D eigenvalue weighted by Crippen LogP contribution is -2.27. The van der Waals surface area contributed by atoms with E-state index in [1.54, 1.807) is 37.3 Å². The molecule has 1 unspecified atom stereocenters. The second-order valence-corrected chi connectivity index (χ2v) is 4.88. The van der Waals surface area contributed by atoms with Crippen LogP contribution in [0.3, 0.4) is 0 Å². The van der Waals surface area contributed by atoms with E-state index in [9.17, 15) is 9.59 Å². The highest BCUT2D eigenvalue weighted by Crippen LogP contribution is 2.15. The number of esters is 1. The normalized spacial score (nSPS) is 11.5. The van der Waals surface area contributed by atoms with Gasteiger partial charge in [-0.2, -0.15) is 9.94 Å². The summed E-state index contributed by atoms with van der Waals surface area (Å²) in [6.07, 6.45) is -0.281. The van der Waals surface area contributed by atoms with Gasteiger partial charge >= 0.3 is 5.97 Å². The van der Waals surface area contributed by atoms with Crippen molar-refractivity contribution < 1.29 is 14.3 Å². The Morgan fingerprint density at radius 1 is 1.48 bits per heavy atom. The highest BCUT2D eigenvalue weighted by molar-refractivity contribution is 6.30. The molecule has 1 heterocycles. The van der Waals surface area contributed by atoms with Crippen molar-refractivity contribution >= 4 is 23.4 Å². The minimum atomic E-state index is -1.50. The number of nitrogens with zero attached hydrogens (tertiary/aromatic N) is 5. The summed E-state index contributed by atoms with van der Waals surface area (Å²) in [5, 5.41) is 20.5. The predicted molar refractivity (Wildman–Crippen MR) is 78.6 cm³/mol. The minimum absolute atomic E-state index is 0.0878. The molecule has 1 atom stereocenters. The number of ether oxygens (including phenoxy) is 1. The highest BCUT2D eigenvalue weighted by Gasteiger charge is 2.29. The van der Waals surface area contributed by atoms with Gasteiger partial charge in [-0.05, 0) is 35.5 Å². The maximum atomic E-state index is 12.2. The number of hydrogen-bond donors (Lipinski definition) is 0. The van der Waals surface area contributed by atoms with Gasteiger partial charge in [0, 0.05) is 5.02 Å². The topological polar surface area (TPSA) is 111 Å². The number of carbonyl (C=O) groups is 2. The van der Waals surface area contributed by atoms with Crippen molar-refractivity contribution in [2.45, 2.75) is 13.3 Å². The number of nitriles is 1. The monoisotopic (exact) mass is 333 g/mol. The molecule has 0 aliphatic heterocycles. The molecule has 0 radical (unpaired) electrons. The first-order valence-corrected chi connectivity index (χ1v) is 7.06. The third-order valence-corrected chi connectivity index (χ3v) is 3.13. The summed E-state index contributed by atoms with van der Waals surface area (Å²) in [5.41, 5.74) is 0.565. The van der Waals surface area contributed by atoms with Gasteiger partial charge in [-0.25, -0.2) is 0 Å². The third kappa shape index (κ3) is 3.90. The molecule has 0 saturated carbocycles. The molecule has 0 fully saturated rings. The lowest BCUT2D eigenvalue weighted by molar-refractivity contribution is -0.149. The van der Waals surface area contributed by atoms with Crippen LogP contribution in [0.25, 0.3) is 5.69 Å². The van der Waals surface area contributed by atoms with E-state index in [0.29, 0.717) is 10.7 Å². The van der Waals surface area contributed by atoms with Crippen LogP contribution in [-0.2, 0) is 20.7 Å². The van der Waals surface area contributed by atoms with Crippen LogP contribution >= 0.6 is 11.6 Å². The minimum Gasteiger partial charge on any atom is -0.465 e. The van der Waals surface area contributed by atoms with Crippen LogP contribution in [0.15, 0.2) is 24.3 Å². The molecule has 118 valence electrons. The molecule has 2 rings (SSSR count). The smallest absolute Gasteiger partial charge is 0.331 e. The second kappa shape index (κ2) is 7.47. The molecule has 0 spiro atoms. The molecule has 0 N–H and O–H groups in total. The lowest BCUT2D eigenvalue weighted by atomic mass is 10.0. The Balaban J connectivity index is 2.22. The fourth-order valence-electron chi connectivity index (χ4n) is 1.86. The molecular formula is C14H12ClN5O3. The number of Topliss-reactive ketones (excluding diaryl/α,β-unsaturated/α-hetero) is 1. The molecule has 1 aromatic heterocycles. The summed E-state index contributed by atoms with van der Waals surface area (Å²) in [6, 6.07) is 8.38. The van der Waals surface area contributed by atoms with Gasteiger partial charge in [-0.15, -0.1) is 5.10 Å². The number of rotatable bonds is 6. The Morgan fingerprint density at radius 2 is 2.26 bits per heavy atom. The van der Waals surface area contributed by atoms with E-state index >= 15 is 0 Å². The number of hydrogen-bond acceptors (Lipinski definition) is 7. The maximum Gasteiger partial charge on any atom is 0.331 e. The maximum absolute atomic E-state index is 12.2. The van der Waals surface area contributed by atoms with E-state index in [0.717, 1.165) is 0 Å². The van der Waals surface area contributed by atoms with Crippen LogP contribution in [0.1, 0.15) is 12.7 Å². The third-order valence-electron chi connectivity index (χ3n) is 2.89. The van der Waals surface area contributed by atoms with Gasteiger partial charge in [0.25, 0.3) is 0 Å². The highest BCUT2D eigenvalue weighted by atomic mass is 35.5. The summed E-state index contributed by atoms with van der Waals surface area (Å²) in [4.78, 5) is 23.8. The summed E-state index contributed by atoms with van der Waals surface area (Å²) in [6.45, 7) is 1.68. The summed E-state index contributed by atoms with van der Waals surface area (Å²) in [7, 11) is 0. The van der Waals surface area contributed by atoms with Crippen LogP contribution in [0.5, 0.6) is 0 Å². The van der Waals surface area contributed by atoms with Crippen LogP contribution in [0.2, 0.25) is 5.02 Å². The van der Waals surface area contributed by atoms with Gasteiger partial charge in [0.2, 0.25) is 5.92 Å². The largest absolute Gasteiger partial charge is 0.465 e. The second-order valence-electron chi connectivity index (χ2n) is 4.44. The van der Waals surface area contributed by atoms with Crippen LogP contribution in [0, 0.1) is 17.2 Å². The molecule has 2 aromatic rings. The average molecular weight is 334 g/mol. The molecule has 0 aliphatic carbocycles. The first kappa shape index (κ1) is 16.6. The Bertz CT molecular complexity index is 768. The van der Waals surface area contributed by atoms with E-state index in [-0.39, 0.29) is 18.9 Å².